The molecular weight excluding hydrogens is 342 g/mol. The van der Waals surface area contributed by atoms with E-state index < -0.39 is 29.9 Å². The van der Waals surface area contributed by atoms with Crippen LogP contribution >= 0.6 is 0 Å². The standard InChI is InChI=1S/C17H27N3O6/c1-5-24-13(21)8-7-11(17(23)25-6-2)19-15(22)12-9-26-16(20-12)14(18)10(3)4/h9-11,14H,5-8,18H2,1-4H3,(H,19,22). The Hall–Kier alpha value is -2.42. The molecule has 0 bridgehead atoms. The maximum absolute atomic E-state index is 12.3. The molecule has 1 aromatic heterocycles. The van der Waals surface area contributed by atoms with E-state index >= 15 is 0 Å². The number of nitrogens with one attached hydrogen (secondary N) is 1. The minimum absolute atomic E-state index is 0.00142. The zero-order valence-electron chi connectivity index (χ0n) is 15.6. The average Bonchev–Trinajstić information content (AvgIpc) is 3.08. The first-order valence-corrected chi connectivity index (χ1v) is 8.64. The number of hydrogen-bond acceptors (Lipinski definition) is 8. The van der Waals surface area contributed by atoms with Crippen LogP contribution in [0.5, 0.6) is 0 Å². The van der Waals surface area contributed by atoms with Gasteiger partial charge in [0, 0.05) is 6.42 Å². The Bertz CT molecular complexity index is 613. The van der Waals surface area contributed by atoms with Gasteiger partial charge >= 0.3 is 11.9 Å². The fourth-order valence-corrected chi connectivity index (χ4v) is 2.05. The van der Waals surface area contributed by atoms with Gasteiger partial charge in [-0.05, 0) is 26.2 Å². The molecule has 0 radical (unpaired) electrons. The number of carbonyl (C=O) groups excluding carboxylic acids is 3. The monoisotopic (exact) mass is 369 g/mol. The van der Waals surface area contributed by atoms with Crippen LogP contribution in [0.4, 0.5) is 0 Å². The predicted molar refractivity (Wildman–Crippen MR) is 92.0 cm³/mol. The minimum atomic E-state index is -0.995. The van der Waals surface area contributed by atoms with Gasteiger partial charge in [-0.1, -0.05) is 13.8 Å². The van der Waals surface area contributed by atoms with Crippen LogP contribution in [0.3, 0.4) is 0 Å². The number of nitrogens with two attached hydrogens (primary N) is 1. The number of carbonyl (C=O) groups is 3. The molecule has 1 amide bonds. The first-order chi connectivity index (χ1) is 12.3. The Balaban J connectivity index is 2.77. The Labute approximate surface area is 152 Å². The summed E-state index contributed by atoms with van der Waals surface area (Å²) in [5.41, 5.74) is 5.94. The number of hydrogen-bond donors (Lipinski definition) is 2. The number of nitrogens with zero attached hydrogens (tertiary/aromatic N) is 1. The summed E-state index contributed by atoms with van der Waals surface area (Å²) in [4.78, 5) is 39.9. The third-order valence-corrected chi connectivity index (χ3v) is 3.58. The zero-order chi connectivity index (χ0) is 19.7. The van der Waals surface area contributed by atoms with E-state index in [9.17, 15) is 14.4 Å². The third kappa shape index (κ3) is 6.47. The highest BCUT2D eigenvalue weighted by atomic mass is 16.5. The number of aromatic nitrogens is 1. The second-order valence-electron chi connectivity index (χ2n) is 5.96. The molecule has 0 fully saturated rings. The molecule has 2 atom stereocenters. The van der Waals surface area contributed by atoms with Gasteiger partial charge in [0.05, 0.1) is 19.3 Å². The molecular formula is C17H27N3O6. The van der Waals surface area contributed by atoms with Gasteiger partial charge in [-0.3, -0.25) is 9.59 Å². The number of ether oxygens (including phenoxy) is 2. The average molecular weight is 369 g/mol. The second kappa shape index (κ2) is 10.5. The Morgan fingerprint density at radius 2 is 1.88 bits per heavy atom. The van der Waals surface area contributed by atoms with Gasteiger partial charge in [0.15, 0.2) is 5.69 Å². The Morgan fingerprint density at radius 1 is 1.23 bits per heavy atom. The lowest BCUT2D eigenvalue weighted by molar-refractivity contribution is -0.146. The Morgan fingerprint density at radius 3 is 2.46 bits per heavy atom. The van der Waals surface area contributed by atoms with Gasteiger partial charge in [0.25, 0.3) is 5.91 Å². The van der Waals surface area contributed by atoms with E-state index in [-0.39, 0.29) is 43.6 Å². The van der Waals surface area contributed by atoms with Crippen LogP contribution in [0.1, 0.15) is 63.0 Å². The summed E-state index contributed by atoms with van der Waals surface area (Å²) in [6, 6.07) is -1.44. The summed E-state index contributed by atoms with van der Waals surface area (Å²) >= 11 is 0. The van der Waals surface area contributed by atoms with E-state index in [4.69, 9.17) is 19.6 Å². The second-order valence-corrected chi connectivity index (χ2v) is 5.96. The van der Waals surface area contributed by atoms with Gasteiger partial charge in [-0.15, -0.1) is 0 Å². The van der Waals surface area contributed by atoms with Crippen LogP contribution < -0.4 is 11.1 Å². The molecule has 1 rings (SSSR count). The molecule has 3 N–H and O–H groups in total. The smallest absolute Gasteiger partial charge is 0.328 e. The van der Waals surface area contributed by atoms with Crippen molar-refractivity contribution in [3.8, 4) is 0 Å². The lowest BCUT2D eigenvalue weighted by Gasteiger charge is -2.16. The molecule has 9 heteroatoms. The van der Waals surface area contributed by atoms with Crippen molar-refractivity contribution >= 4 is 17.8 Å². The SMILES string of the molecule is CCOC(=O)CCC(NC(=O)c1coc(C(N)C(C)C)n1)C(=O)OCC. The summed E-state index contributed by atoms with van der Waals surface area (Å²) in [7, 11) is 0. The van der Waals surface area contributed by atoms with Crippen molar-refractivity contribution in [2.24, 2.45) is 11.7 Å². The molecule has 0 spiro atoms. The van der Waals surface area contributed by atoms with Gasteiger partial charge in [-0.25, -0.2) is 9.78 Å². The van der Waals surface area contributed by atoms with E-state index in [1.54, 1.807) is 13.8 Å². The minimum Gasteiger partial charge on any atom is -0.466 e. The van der Waals surface area contributed by atoms with Crippen molar-refractivity contribution in [1.29, 1.82) is 0 Å². The summed E-state index contributed by atoms with van der Waals surface area (Å²) in [5.74, 6) is -1.38. The van der Waals surface area contributed by atoms with Crippen LogP contribution in [0, 0.1) is 5.92 Å². The maximum atomic E-state index is 12.3. The summed E-state index contributed by atoms with van der Waals surface area (Å²) in [6.07, 6.45) is 1.21. The van der Waals surface area contributed by atoms with Crippen molar-refractivity contribution in [1.82, 2.24) is 10.3 Å². The van der Waals surface area contributed by atoms with Crippen LogP contribution in [0.25, 0.3) is 0 Å². The van der Waals surface area contributed by atoms with Crippen molar-refractivity contribution < 1.29 is 28.3 Å². The quantitative estimate of drug-likeness (QED) is 0.590. The number of rotatable bonds is 10. The van der Waals surface area contributed by atoms with Gasteiger partial charge in [-0.2, -0.15) is 0 Å². The van der Waals surface area contributed by atoms with Crippen LogP contribution in [-0.4, -0.2) is 42.1 Å². The number of esters is 2. The van der Waals surface area contributed by atoms with Crippen LogP contribution in [-0.2, 0) is 19.1 Å². The molecule has 0 aliphatic heterocycles. The van der Waals surface area contributed by atoms with Crippen molar-refractivity contribution in [3.63, 3.8) is 0 Å². The third-order valence-electron chi connectivity index (χ3n) is 3.58. The lowest BCUT2D eigenvalue weighted by Crippen LogP contribution is -2.42. The predicted octanol–water partition coefficient (Wildman–Crippen LogP) is 1.34. The summed E-state index contributed by atoms with van der Waals surface area (Å²) in [6.45, 7) is 7.54. The molecule has 2 unspecified atom stereocenters. The largest absolute Gasteiger partial charge is 0.466 e. The van der Waals surface area contributed by atoms with Gasteiger partial charge in [0.2, 0.25) is 5.89 Å². The lowest BCUT2D eigenvalue weighted by atomic mass is 10.1. The van der Waals surface area contributed by atoms with E-state index in [1.807, 2.05) is 13.8 Å². The fraction of sp³-hybridized carbons (Fsp3) is 0.647. The van der Waals surface area contributed by atoms with E-state index in [0.29, 0.717) is 0 Å². The zero-order valence-corrected chi connectivity index (χ0v) is 15.6. The van der Waals surface area contributed by atoms with Crippen LogP contribution in [0.15, 0.2) is 10.7 Å². The normalized spacial score (nSPS) is 13.2. The first-order valence-electron chi connectivity index (χ1n) is 8.64. The molecule has 9 nitrogen and oxygen atoms in total. The molecule has 0 aliphatic rings. The molecule has 0 aliphatic carbocycles. The molecule has 0 saturated heterocycles. The molecule has 0 aromatic carbocycles. The van der Waals surface area contributed by atoms with Crippen molar-refractivity contribution in [2.45, 2.75) is 52.6 Å². The topological polar surface area (TPSA) is 134 Å². The highest BCUT2D eigenvalue weighted by Gasteiger charge is 2.26. The molecule has 0 saturated carbocycles. The molecule has 1 heterocycles. The van der Waals surface area contributed by atoms with E-state index in [2.05, 4.69) is 10.3 Å². The summed E-state index contributed by atoms with van der Waals surface area (Å²) < 4.78 is 15.0. The highest BCUT2D eigenvalue weighted by molar-refractivity contribution is 5.95. The fourth-order valence-electron chi connectivity index (χ4n) is 2.05. The van der Waals surface area contributed by atoms with Gasteiger partial charge in [0.1, 0.15) is 12.3 Å². The van der Waals surface area contributed by atoms with Gasteiger partial charge < -0.3 is 24.9 Å². The van der Waals surface area contributed by atoms with E-state index in [0.717, 1.165) is 0 Å². The first kappa shape index (κ1) is 21.6. The number of oxazole rings is 1. The Kier molecular flexibility index (Phi) is 8.77. The number of amides is 1. The van der Waals surface area contributed by atoms with Crippen molar-refractivity contribution in [2.75, 3.05) is 13.2 Å². The van der Waals surface area contributed by atoms with E-state index in [1.165, 1.54) is 6.26 Å². The molecule has 146 valence electrons. The van der Waals surface area contributed by atoms with Crippen molar-refractivity contribution in [3.05, 3.63) is 17.8 Å². The molecule has 26 heavy (non-hydrogen) atoms. The maximum Gasteiger partial charge on any atom is 0.328 e. The highest BCUT2D eigenvalue weighted by Crippen LogP contribution is 2.18. The summed E-state index contributed by atoms with van der Waals surface area (Å²) in [5, 5.41) is 2.51. The molecule has 1 aromatic rings. The van der Waals surface area contributed by atoms with Crippen LogP contribution in [0.2, 0.25) is 0 Å².